The van der Waals surface area contributed by atoms with Gasteiger partial charge in [0, 0.05) is 5.70 Å². The summed E-state index contributed by atoms with van der Waals surface area (Å²) in [5, 5.41) is 5.38. The zero-order chi connectivity index (χ0) is 21.5. The normalized spacial score (nSPS) is 15.7. The Morgan fingerprint density at radius 1 is 1.00 bits per heavy atom. The lowest BCUT2D eigenvalue weighted by Gasteiger charge is -2.28. The highest BCUT2D eigenvalue weighted by molar-refractivity contribution is 5.95. The van der Waals surface area contributed by atoms with Crippen molar-refractivity contribution in [3.8, 4) is 17.2 Å². The van der Waals surface area contributed by atoms with Crippen molar-refractivity contribution >= 4 is 12.0 Å². The number of carbonyl (C=O) groups excluding carboxylic acids is 2. The minimum absolute atomic E-state index is 0.0666. The van der Waals surface area contributed by atoms with Crippen molar-refractivity contribution in [1.82, 2.24) is 10.6 Å². The summed E-state index contributed by atoms with van der Waals surface area (Å²) in [6, 6.07) is 13.3. The van der Waals surface area contributed by atoms with Gasteiger partial charge in [-0.3, -0.25) is 0 Å². The number of carbonyl (C=O) groups is 2. The van der Waals surface area contributed by atoms with E-state index >= 15 is 0 Å². The standard InChI is InChI=1S/C22H24N2O6/c1-14-19(21(25)30-12-11-29-16-7-5-4-6-8-16)20(24-22(26)23-14)15-9-10-17(27-2)18(13-15)28-3/h4-10,13,20H,11-12H2,1-3H3,(H2,23,24,26)/t20-/m1/s1. The highest BCUT2D eigenvalue weighted by atomic mass is 16.6. The fourth-order valence-electron chi connectivity index (χ4n) is 3.14. The Kier molecular flexibility index (Phi) is 6.79. The minimum Gasteiger partial charge on any atom is -0.493 e. The van der Waals surface area contributed by atoms with Gasteiger partial charge in [0.25, 0.3) is 0 Å². The quantitative estimate of drug-likeness (QED) is 0.511. The summed E-state index contributed by atoms with van der Waals surface area (Å²) in [4.78, 5) is 24.8. The molecule has 2 N–H and O–H groups in total. The second kappa shape index (κ2) is 9.69. The molecular formula is C22H24N2O6. The summed E-state index contributed by atoms with van der Waals surface area (Å²) in [6.07, 6.45) is 0. The highest BCUT2D eigenvalue weighted by Gasteiger charge is 2.32. The molecule has 0 aliphatic carbocycles. The number of para-hydroxylation sites is 1. The third kappa shape index (κ3) is 4.83. The van der Waals surface area contributed by atoms with Gasteiger partial charge in [0.15, 0.2) is 11.5 Å². The number of ether oxygens (including phenoxy) is 4. The zero-order valence-electron chi connectivity index (χ0n) is 17.1. The van der Waals surface area contributed by atoms with Crippen molar-refractivity contribution in [2.75, 3.05) is 27.4 Å². The van der Waals surface area contributed by atoms with E-state index in [-0.39, 0.29) is 13.2 Å². The van der Waals surface area contributed by atoms with Gasteiger partial charge in [-0.15, -0.1) is 0 Å². The van der Waals surface area contributed by atoms with E-state index in [2.05, 4.69) is 10.6 Å². The van der Waals surface area contributed by atoms with Crippen molar-refractivity contribution in [1.29, 1.82) is 0 Å². The van der Waals surface area contributed by atoms with Crippen LogP contribution in [0.5, 0.6) is 17.2 Å². The van der Waals surface area contributed by atoms with Gasteiger partial charge in [-0.25, -0.2) is 9.59 Å². The molecular weight excluding hydrogens is 388 g/mol. The Hall–Kier alpha value is -3.68. The van der Waals surface area contributed by atoms with Crippen LogP contribution in [0.25, 0.3) is 0 Å². The lowest BCUT2D eigenvalue weighted by Crippen LogP contribution is -2.45. The van der Waals surface area contributed by atoms with Gasteiger partial charge < -0.3 is 29.6 Å². The van der Waals surface area contributed by atoms with E-state index in [4.69, 9.17) is 18.9 Å². The Balaban J connectivity index is 1.74. The Labute approximate surface area is 174 Å². The molecule has 1 aliphatic rings. The molecule has 1 aliphatic heterocycles. The van der Waals surface area contributed by atoms with Gasteiger partial charge in [0.05, 0.1) is 25.8 Å². The first-order valence-corrected chi connectivity index (χ1v) is 9.38. The number of esters is 1. The molecule has 1 atom stereocenters. The van der Waals surface area contributed by atoms with Gasteiger partial charge in [-0.1, -0.05) is 24.3 Å². The number of methoxy groups -OCH3 is 2. The van der Waals surface area contributed by atoms with Crippen molar-refractivity contribution in [3.63, 3.8) is 0 Å². The molecule has 2 aromatic rings. The highest BCUT2D eigenvalue weighted by Crippen LogP contribution is 2.34. The van der Waals surface area contributed by atoms with Crippen LogP contribution in [0.4, 0.5) is 4.79 Å². The Morgan fingerprint density at radius 3 is 2.43 bits per heavy atom. The number of amides is 2. The maximum atomic E-state index is 12.8. The monoisotopic (exact) mass is 412 g/mol. The second-order valence-electron chi connectivity index (χ2n) is 6.48. The van der Waals surface area contributed by atoms with Crippen LogP contribution in [0.3, 0.4) is 0 Å². The SMILES string of the molecule is COc1ccc([C@H]2NC(=O)NC(C)=C2C(=O)OCCOc2ccccc2)cc1OC. The number of rotatable bonds is 8. The van der Waals surface area contributed by atoms with Crippen LogP contribution in [-0.2, 0) is 9.53 Å². The van der Waals surface area contributed by atoms with Gasteiger partial charge >= 0.3 is 12.0 Å². The average molecular weight is 412 g/mol. The van der Waals surface area contributed by atoms with Crippen molar-refractivity contribution in [3.05, 3.63) is 65.4 Å². The number of benzene rings is 2. The fraction of sp³-hybridized carbons (Fsp3) is 0.273. The molecule has 3 rings (SSSR count). The van der Waals surface area contributed by atoms with Gasteiger partial charge in [0.2, 0.25) is 0 Å². The molecule has 0 unspecified atom stereocenters. The Bertz CT molecular complexity index is 942. The molecule has 30 heavy (non-hydrogen) atoms. The Morgan fingerprint density at radius 2 is 1.73 bits per heavy atom. The van der Waals surface area contributed by atoms with E-state index in [9.17, 15) is 9.59 Å². The zero-order valence-corrected chi connectivity index (χ0v) is 17.1. The smallest absolute Gasteiger partial charge is 0.338 e. The molecule has 0 radical (unpaired) electrons. The molecule has 2 aromatic carbocycles. The van der Waals surface area contributed by atoms with E-state index < -0.39 is 18.0 Å². The van der Waals surface area contributed by atoms with Gasteiger partial charge in [-0.2, -0.15) is 0 Å². The number of allylic oxidation sites excluding steroid dienone is 1. The molecule has 0 bridgehead atoms. The summed E-state index contributed by atoms with van der Waals surface area (Å²) in [5.74, 6) is 1.18. The van der Waals surface area contributed by atoms with Gasteiger partial charge in [-0.05, 0) is 36.8 Å². The van der Waals surface area contributed by atoms with E-state index in [1.807, 2.05) is 30.3 Å². The number of hydrogen-bond acceptors (Lipinski definition) is 6. The van der Waals surface area contributed by atoms with Crippen molar-refractivity contribution in [2.45, 2.75) is 13.0 Å². The van der Waals surface area contributed by atoms with Crippen LogP contribution in [-0.4, -0.2) is 39.4 Å². The predicted molar refractivity (Wildman–Crippen MR) is 110 cm³/mol. The lowest BCUT2D eigenvalue weighted by molar-refractivity contribution is -0.140. The van der Waals surface area contributed by atoms with Crippen LogP contribution in [0, 0.1) is 0 Å². The molecule has 1 heterocycles. The van der Waals surface area contributed by atoms with Crippen LogP contribution in [0.15, 0.2) is 59.8 Å². The molecule has 0 fully saturated rings. The first kappa shape index (κ1) is 21.0. The first-order chi connectivity index (χ1) is 14.5. The summed E-state index contributed by atoms with van der Waals surface area (Å²) >= 11 is 0. The molecule has 8 heteroatoms. The van der Waals surface area contributed by atoms with Crippen molar-refractivity contribution < 1.29 is 28.5 Å². The molecule has 0 spiro atoms. The van der Waals surface area contributed by atoms with Gasteiger partial charge in [0.1, 0.15) is 19.0 Å². The van der Waals surface area contributed by atoms with Crippen LogP contribution >= 0.6 is 0 Å². The van der Waals surface area contributed by atoms with Crippen molar-refractivity contribution in [2.24, 2.45) is 0 Å². The summed E-state index contributed by atoms with van der Waals surface area (Å²) in [7, 11) is 3.06. The second-order valence-corrected chi connectivity index (χ2v) is 6.48. The average Bonchev–Trinajstić information content (AvgIpc) is 2.76. The minimum atomic E-state index is -0.693. The largest absolute Gasteiger partial charge is 0.493 e. The molecule has 8 nitrogen and oxygen atoms in total. The fourth-order valence-corrected chi connectivity index (χ4v) is 3.14. The lowest BCUT2D eigenvalue weighted by atomic mass is 9.95. The van der Waals surface area contributed by atoms with E-state index in [1.54, 1.807) is 25.1 Å². The molecule has 158 valence electrons. The van der Waals surface area contributed by atoms with Crippen LogP contribution in [0.1, 0.15) is 18.5 Å². The predicted octanol–water partition coefficient (Wildman–Crippen LogP) is 2.95. The summed E-state index contributed by atoms with van der Waals surface area (Å²) in [6.45, 7) is 1.93. The van der Waals surface area contributed by atoms with Crippen LogP contribution < -0.4 is 24.8 Å². The first-order valence-electron chi connectivity index (χ1n) is 9.38. The molecule has 0 saturated carbocycles. The summed E-state index contributed by atoms with van der Waals surface area (Å²) in [5.41, 5.74) is 1.39. The molecule has 0 aromatic heterocycles. The number of hydrogen-bond donors (Lipinski definition) is 2. The maximum Gasteiger partial charge on any atom is 0.338 e. The number of nitrogens with one attached hydrogen (secondary N) is 2. The van der Waals surface area contributed by atoms with E-state index in [0.717, 1.165) is 0 Å². The topological polar surface area (TPSA) is 95.1 Å². The maximum absolute atomic E-state index is 12.8. The van der Waals surface area contributed by atoms with Crippen LogP contribution in [0.2, 0.25) is 0 Å². The molecule has 0 saturated heterocycles. The van der Waals surface area contributed by atoms with E-state index in [0.29, 0.717) is 34.1 Å². The molecule has 2 amide bonds. The third-order valence-corrected chi connectivity index (χ3v) is 4.56. The summed E-state index contributed by atoms with van der Waals surface area (Å²) < 4.78 is 21.5. The third-order valence-electron chi connectivity index (χ3n) is 4.56. The number of urea groups is 1. The van der Waals surface area contributed by atoms with E-state index in [1.165, 1.54) is 14.2 Å².